The summed E-state index contributed by atoms with van der Waals surface area (Å²) in [6.07, 6.45) is 15.5. The second-order valence-electron chi connectivity index (χ2n) is 12.0. The number of likely N-dealkylation sites (tertiary alicyclic amines) is 2. The predicted octanol–water partition coefficient (Wildman–Crippen LogP) is 5.14. The van der Waals surface area contributed by atoms with Gasteiger partial charge in [0.05, 0.1) is 12.1 Å². The van der Waals surface area contributed by atoms with Crippen molar-refractivity contribution >= 4 is 11.9 Å². The first-order chi connectivity index (χ1) is 17.7. The van der Waals surface area contributed by atoms with E-state index in [4.69, 9.17) is 0 Å². The minimum absolute atomic E-state index is 0.186. The smallest absolute Gasteiger partial charge is 0.318 e. The number of fused-ring (bicyclic) bond motifs is 1. The number of amides is 3. The summed E-state index contributed by atoms with van der Waals surface area (Å²) in [5, 5.41) is 3.27. The Hall–Kier alpha value is -2.08. The molecule has 2 aliphatic carbocycles. The summed E-state index contributed by atoms with van der Waals surface area (Å²) in [6, 6.07) is 10.4. The first kappa shape index (κ1) is 24.3. The maximum Gasteiger partial charge on any atom is 0.318 e. The fourth-order valence-electron chi connectivity index (χ4n) is 8.03. The van der Waals surface area contributed by atoms with Crippen molar-refractivity contribution in [2.75, 3.05) is 26.2 Å². The molecule has 0 spiro atoms. The lowest BCUT2D eigenvalue weighted by molar-refractivity contribution is 0.0470. The van der Waals surface area contributed by atoms with E-state index in [0.29, 0.717) is 30.1 Å². The van der Waals surface area contributed by atoms with Crippen molar-refractivity contribution in [1.82, 2.24) is 20.0 Å². The third-order valence-electron chi connectivity index (χ3n) is 10.0. The van der Waals surface area contributed by atoms with E-state index >= 15 is 0 Å². The minimum atomic E-state index is 0.186. The Labute approximate surface area is 216 Å². The SMILES string of the molecule is O=C(c1ccccc1C1CCCCC1)N1CCC(N2CCC(N3C(=O)N[C@H]4CCCC[C@@H]43)CC2)CC1. The number of benzene rings is 1. The van der Waals surface area contributed by atoms with Gasteiger partial charge in [-0.25, -0.2) is 4.79 Å². The van der Waals surface area contributed by atoms with E-state index in [1.54, 1.807) is 0 Å². The van der Waals surface area contributed by atoms with Gasteiger partial charge in [0.1, 0.15) is 0 Å². The number of hydrogen-bond acceptors (Lipinski definition) is 3. The van der Waals surface area contributed by atoms with E-state index in [2.05, 4.69) is 38.2 Å². The summed E-state index contributed by atoms with van der Waals surface area (Å²) in [5.41, 5.74) is 2.24. The first-order valence-corrected chi connectivity index (χ1v) is 14.9. The lowest BCUT2D eigenvalue weighted by Gasteiger charge is -2.44. The van der Waals surface area contributed by atoms with E-state index in [1.165, 1.54) is 56.9 Å². The van der Waals surface area contributed by atoms with Crippen LogP contribution in [0.15, 0.2) is 24.3 Å². The lowest BCUT2D eigenvalue weighted by Crippen LogP contribution is -2.53. The molecular formula is C30H44N4O2. The van der Waals surface area contributed by atoms with Crippen LogP contribution in [0.5, 0.6) is 0 Å². The number of rotatable bonds is 4. The third-order valence-corrected chi connectivity index (χ3v) is 10.0. The third kappa shape index (κ3) is 4.78. The van der Waals surface area contributed by atoms with Gasteiger partial charge in [0.2, 0.25) is 0 Å². The second kappa shape index (κ2) is 10.7. The molecule has 3 saturated heterocycles. The Balaban J connectivity index is 1.02. The number of carbonyl (C=O) groups excluding carboxylic acids is 2. The van der Waals surface area contributed by atoms with Crippen molar-refractivity contribution in [3.63, 3.8) is 0 Å². The van der Waals surface area contributed by atoms with E-state index in [1.807, 2.05) is 6.07 Å². The van der Waals surface area contributed by atoms with Gasteiger partial charge in [-0.1, -0.05) is 50.3 Å². The predicted molar refractivity (Wildman–Crippen MR) is 142 cm³/mol. The van der Waals surface area contributed by atoms with Crippen LogP contribution in [0.1, 0.15) is 105 Å². The summed E-state index contributed by atoms with van der Waals surface area (Å²) >= 11 is 0. The molecule has 196 valence electrons. The Morgan fingerprint density at radius 1 is 0.750 bits per heavy atom. The van der Waals surface area contributed by atoms with Gasteiger partial charge in [-0.05, 0) is 68.9 Å². The molecule has 5 fully saturated rings. The molecule has 6 nitrogen and oxygen atoms in total. The molecule has 0 unspecified atom stereocenters. The van der Waals surface area contributed by atoms with Crippen molar-refractivity contribution in [2.24, 2.45) is 0 Å². The van der Waals surface area contributed by atoms with Crippen molar-refractivity contribution in [1.29, 1.82) is 0 Å². The molecule has 0 radical (unpaired) electrons. The average molecular weight is 493 g/mol. The first-order valence-electron chi connectivity index (χ1n) is 14.9. The van der Waals surface area contributed by atoms with Crippen LogP contribution in [0.25, 0.3) is 0 Å². The lowest BCUT2D eigenvalue weighted by atomic mass is 9.82. The Kier molecular flexibility index (Phi) is 7.23. The molecule has 1 aromatic rings. The van der Waals surface area contributed by atoms with Gasteiger partial charge < -0.3 is 20.0 Å². The van der Waals surface area contributed by atoms with Crippen LogP contribution in [-0.2, 0) is 0 Å². The largest absolute Gasteiger partial charge is 0.339 e. The fourth-order valence-corrected chi connectivity index (χ4v) is 8.03. The number of carbonyl (C=O) groups is 2. The zero-order valence-corrected chi connectivity index (χ0v) is 21.9. The van der Waals surface area contributed by atoms with Crippen LogP contribution < -0.4 is 5.32 Å². The molecule has 0 bridgehead atoms. The number of nitrogens with zero attached hydrogens (tertiary/aromatic N) is 3. The summed E-state index contributed by atoms with van der Waals surface area (Å²) in [7, 11) is 0. The Morgan fingerprint density at radius 3 is 2.19 bits per heavy atom. The Morgan fingerprint density at radius 2 is 1.42 bits per heavy atom. The van der Waals surface area contributed by atoms with Gasteiger partial charge >= 0.3 is 6.03 Å². The van der Waals surface area contributed by atoms with Crippen LogP contribution in [0, 0.1) is 0 Å². The highest BCUT2D eigenvalue weighted by Gasteiger charge is 2.44. The molecule has 3 aliphatic heterocycles. The Bertz CT molecular complexity index is 929. The van der Waals surface area contributed by atoms with E-state index < -0.39 is 0 Å². The van der Waals surface area contributed by atoms with Gasteiger partial charge in [0, 0.05) is 43.8 Å². The van der Waals surface area contributed by atoms with Gasteiger partial charge in [0.25, 0.3) is 5.91 Å². The molecular weight excluding hydrogens is 448 g/mol. The molecule has 3 heterocycles. The molecule has 3 amide bonds. The number of urea groups is 1. The van der Waals surface area contributed by atoms with Crippen LogP contribution >= 0.6 is 0 Å². The van der Waals surface area contributed by atoms with Crippen molar-refractivity contribution in [2.45, 2.75) is 114 Å². The van der Waals surface area contributed by atoms with Gasteiger partial charge in [-0.15, -0.1) is 0 Å². The topological polar surface area (TPSA) is 55.9 Å². The summed E-state index contributed by atoms with van der Waals surface area (Å²) in [5.74, 6) is 0.801. The number of nitrogens with one attached hydrogen (secondary N) is 1. The monoisotopic (exact) mass is 492 g/mol. The zero-order chi connectivity index (χ0) is 24.5. The zero-order valence-electron chi connectivity index (χ0n) is 21.9. The maximum atomic E-state index is 13.6. The standard InChI is InChI=1S/C30H44N4O2/c35-29(26-11-5-4-10-25(26)22-8-2-1-3-9-22)33-20-14-23(15-21-33)32-18-16-24(17-19-32)34-28-13-7-6-12-27(28)31-30(34)36/h4-5,10-11,22-24,27-28H,1-3,6-9,12-21H2,(H,31,36)/t27-,28-/m0/s1. The van der Waals surface area contributed by atoms with Crippen LogP contribution in [0.3, 0.4) is 0 Å². The molecule has 5 aliphatic rings. The van der Waals surface area contributed by atoms with E-state index in [-0.39, 0.29) is 11.9 Å². The minimum Gasteiger partial charge on any atom is -0.339 e. The van der Waals surface area contributed by atoms with Gasteiger partial charge in [-0.2, -0.15) is 0 Å². The van der Waals surface area contributed by atoms with Crippen LogP contribution in [0.2, 0.25) is 0 Å². The van der Waals surface area contributed by atoms with Crippen molar-refractivity contribution in [3.05, 3.63) is 35.4 Å². The van der Waals surface area contributed by atoms with E-state index in [9.17, 15) is 9.59 Å². The molecule has 1 aromatic carbocycles. The van der Waals surface area contributed by atoms with E-state index in [0.717, 1.165) is 63.8 Å². The molecule has 1 N–H and O–H groups in total. The highest BCUT2D eigenvalue weighted by Crippen LogP contribution is 2.36. The maximum absolute atomic E-state index is 13.6. The second-order valence-corrected chi connectivity index (χ2v) is 12.0. The normalized spacial score (nSPS) is 29.3. The van der Waals surface area contributed by atoms with Crippen LogP contribution in [-0.4, -0.2) is 77.0 Å². The van der Waals surface area contributed by atoms with Crippen molar-refractivity contribution in [3.8, 4) is 0 Å². The quantitative estimate of drug-likeness (QED) is 0.633. The highest BCUT2D eigenvalue weighted by atomic mass is 16.2. The van der Waals surface area contributed by atoms with Gasteiger partial charge in [-0.3, -0.25) is 4.79 Å². The van der Waals surface area contributed by atoms with Crippen LogP contribution in [0.4, 0.5) is 4.79 Å². The number of piperidine rings is 2. The van der Waals surface area contributed by atoms with Crippen molar-refractivity contribution < 1.29 is 9.59 Å². The van der Waals surface area contributed by atoms with Gasteiger partial charge in [0.15, 0.2) is 0 Å². The summed E-state index contributed by atoms with van der Waals surface area (Å²) < 4.78 is 0. The molecule has 0 aromatic heterocycles. The average Bonchev–Trinajstić information content (AvgIpc) is 3.29. The summed E-state index contributed by atoms with van der Waals surface area (Å²) in [4.78, 5) is 33.3. The fraction of sp³-hybridized carbons (Fsp3) is 0.733. The molecule has 2 atom stereocenters. The summed E-state index contributed by atoms with van der Waals surface area (Å²) in [6.45, 7) is 3.88. The molecule has 36 heavy (non-hydrogen) atoms. The molecule has 6 heteroatoms. The molecule has 6 rings (SSSR count). The number of hydrogen-bond donors (Lipinski definition) is 1. The molecule has 2 saturated carbocycles. The highest BCUT2D eigenvalue weighted by molar-refractivity contribution is 5.96.